The summed E-state index contributed by atoms with van der Waals surface area (Å²) < 4.78 is 10.9. The molecule has 2 N–H and O–H groups in total. The van der Waals surface area contributed by atoms with Gasteiger partial charge in [-0.2, -0.15) is 0 Å². The zero-order chi connectivity index (χ0) is 22.3. The van der Waals surface area contributed by atoms with Crippen LogP contribution >= 0.6 is 0 Å². The summed E-state index contributed by atoms with van der Waals surface area (Å²) in [5, 5.41) is 9.50. The lowest BCUT2D eigenvalue weighted by atomic mass is 9.95. The fourth-order valence-electron chi connectivity index (χ4n) is 2.65. The number of hydrogen-bond acceptors (Lipinski definition) is 5. The quantitative estimate of drug-likeness (QED) is 0.568. The van der Waals surface area contributed by atoms with Crippen molar-refractivity contribution in [2.24, 2.45) is 5.41 Å². The smallest absolute Gasteiger partial charge is 0.273 e. The van der Waals surface area contributed by atoms with E-state index >= 15 is 0 Å². The van der Waals surface area contributed by atoms with Gasteiger partial charge in [-0.3, -0.25) is 9.59 Å². The Kier molecular flexibility index (Phi) is 7.07. The van der Waals surface area contributed by atoms with Gasteiger partial charge in [0.1, 0.15) is 12.4 Å². The molecule has 3 rings (SSSR count). The highest BCUT2D eigenvalue weighted by molar-refractivity contribution is 5.94. The molecule has 3 aromatic rings. The molecule has 7 heteroatoms. The Labute approximate surface area is 181 Å². The van der Waals surface area contributed by atoms with Crippen LogP contribution < -0.4 is 15.4 Å². The number of amides is 2. The van der Waals surface area contributed by atoms with Gasteiger partial charge in [0.15, 0.2) is 11.5 Å². The van der Waals surface area contributed by atoms with Crippen molar-refractivity contribution in [3.8, 4) is 5.75 Å². The number of rotatable bonds is 8. The molecule has 1 aromatic heterocycles. The molecule has 0 bridgehead atoms. The molecule has 0 aliphatic rings. The second-order valence-corrected chi connectivity index (χ2v) is 8.19. The van der Waals surface area contributed by atoms with Crippen molar-refractivity contribution in [1.29, 1.82) is 0 Å². The van der Waals surface area contributed by atoms with Gasteiger partial charge in [-0.05, 0) is 36.2 Å². The number of nitrogens with zero attached hydrogens (tertiary/aromatic N) is 1. The largest absolute Gasteiger partial charge is 0.486 e. The van der Waals surface area contributed by atoms with Gasteiger partial charge < -0.3 is 19.9 Å². The van der Waals surface area contributed by atoms with Gasteiger partial charge in [0.05, 0.1) is 0 Å². The second-order valence-electron chi connectivity index (χ2n) is 8.19. The summed E-state index contributed by atoms with van der Waals surface area (Å²) in [6.45, 7) is 6.22. The van der Waals surface area contributed by atoms with Crippen molar-refractivity contribution in [3.63, 3.8) is 0 Å². The predicted molar refractivity (Wildman–Crippen MR) is 118 cm³/mol. The molecule has 0 saturated carbocycles. The lowest BCUT2D eigenvalue weighted by Crippen LogP contribution is -2.27. The van der Waals surface area contributed by atoms with E-state index in [1.165, 1.54) is 0 Å². The summed E-state index contributed by atoms with van der Waals surface area (Å²) in [7, 11) is 0. The molecule has 2 aromatic carbocycles. The van der Waals surface area contributed by atoms with Gasteiger partial charge in [-0.25, -0.2) is 0 Å². The number of hydrogen-bond donors (Lipinski definition) is 2. The third-order valence-corrected chi connectivity index (χ3v) is 4.51. The Hall–Kier alpha value is -3.61. The maximum atomic E-state index is 12.2. The number of anilines is 1. The summed E-state index contributed by atoms with van der Waals surface area (Å²) in [5.74, 6) is 0.708. The molecule has 0 aliphatic carbocycles. The maximum Gasteiger partial charge on any atom is 0.273 e. The molecular formula is C24H27N3O4. The standard InChI is InChI=1S/C24H27N3O4/c1-24(2,3)23(29)26-18-9-11-19(12-10-18)30-16-20-15-21(27-31-20)22(28)25-14-13-17-7-5-4-6-8-17/h4-12,15H,13-14,16H2,1-3H3,(H,25,28)(H,26,29). The third-order valence-electron chi connectivity index (χ3n) is 4.51. The normalized spacial score (nSPS) is 11.1. The Bertz CT molecular complexity index is 1010. The summed E-state index contributed by atoms with van der Waals surface area (Å²) in [6, 6.07) is 18.5. The van der Waals surface area contributed by atoms with E-state index in [1.807, 2.05) is 51.1 Å². The Balaban J connectivity index is 1.45. The fraction of sp³-hybridized carbons (Fsp3) is 0.292. The van der Waals surface area contributed by atoms with Gasteiger partial charge in [0.25, 0.3) is 5.91 Å². The van der Waals surface area contributed by atoms with Crippen molar-refractivity contribution < 1.29 is 18.8 Å². The molecule has 0 spiro atoms. The van der Waals surface area contributed by atoms with Crippen LogP contribution in [0.25, 0.3) is 0 Å². The maximum absolute atomic E-state index is 12.2. The van der Waals surface area contributed by atoms with Crippen LogP contribution in [0.15, 0.2) is 65.2 Å². The average Bonchev–Trinajstić information content (AvgIpc) is 3.22. The van der Waals surface area contributed by atoms with Gasteiger partial charge in [-0.15, -0.1) is 0 Å². The monoisotopic (exact) mass is 421 g/mol. The Morgan fingerprint density at radius 3 is 2.42 bits per heavy atom. The predicted octanol–water partition coefficient (Wildman–Crippen LogP) is 4.21. The highest BCUT2D eigenvalue weighted by Crippen LogP contribution is 2.20. The first-order valence-electron chi connectivity index (χ1n) is 10.1. The molecule has 0 fully saturated rings. The van der Waals surface area contributed by atoms with Gasteiger partial charge in [0, 0.05) is 23.7 Å². The van der Waals surface area contributed by atoms with Crippen LogP contribution in [-0.2, 0) is 17.8 Å². The van der Waals surface area contributed by atoms with Crippen molar-refractivity contribution in [2.75, 3.05) is 11.9 Å². The summed E-state index contributed by atoms with van der Waals surface area (Å²) >= 11 is 0. The van der Waals surface area contributed by atoms with E-state index in [4.69, 9.17) is 9.26 Å². The summed E-state index contributed by atoms with van der Waals surface area (Å²) in [4.78, 5) is 24.2. The van der Waals surface area contributed by atoms with Gasteiger partial charge in [-0.1, -0.05) is 56.3 Å². The first-order valence-corrected chi connectivity index (χ1v) is 10.1. The van der Waals surface area contributed by atoms with Crippen LogP contribution in [0.2, 0.25) is 0 Å². The lowest BCUT2D eigenvalue weighted by molar-refractivity contribution is -0.123. The summed E-state index contributed by atoms with van der Waals surface area (Å²) in [6.07, 6.45) is 0.743. The third kappa shape index (κ3) is 6.70. The topological polar surface area (TPSA) is 93.5 Å². The molecule has 0 aliphatic heterocycles. The van der Waals surface area contributed by atoms with E-state index < -0.39 is 5.41 Å². The molecule has 0 radical (unpaired) electrons. The van der Waals surface area contributed by atoms with Crippen molar-refractivity contribution in [3.05, 3.63) is 77.7 Å². The molecule has 0 unspecified atom stereocenters. The van der Waals surface area contributed by atoms with Crippen molar-refractivity contribution in [1.82, 2.24) is 10.5 Å². The number of carbonyl (C=O) groups excluding carboxylic acids is 2. The first-order chi connectivity index (χ1) is 14.8. The zero-order valence-corrected chi connectivity index (χ0v) is 18.0. The van der Waals surface area contributed by atoms with Gasteiger partial charge in [0.2, 0.25) is 5.91 Å². The van der Waals surface area contributed by atoms with Crippen LogP contribution in [0.3, 0.4) is 0 Å². The van der Waals surface area contributed by atoms with Gasteiger partial charge >= 0.3 is 0 Å². The molecule has 1 heterocycles. The van der Waals surface area contributed by atoms with E-state index in [-0.39, 0.29) is 24.1 Å². The molecule has 2 amide bonds. The van der Waals surface area contributed by atoms with Crippen LogP contribution in [0.1, 0.15) is 42.6 Å². The van der Waals surface area contributed by atoms with Crippen molar-refractivity contribution in [2.45, 2.75) is 33.8 Å². The molecule has 0 saturated heterocycles. The second kappa shape index (κ2) is 9.93. The number of benzene rings is 2. The Morgan fingerprint density at radius 2 is 1.74 bits per heavy atom. The van der Waals surface area contributed by atoms with E-state index in [2.05, 4.69) is 15.8 Å². The minimum atomic E-state index is -0.465. The molecule has 7 nitrogen and oxygen atoms in total. The number of nitrogens with one attached hydrogen (secondary N) is 2. The number of ether oxygens (including phenoxy) is 1. The van der Waals surface area contributed by atoms with E-state index in [1.54, 1.807) is 30.3 Å². The van der Waals surface area contributed by atoms with Crippen LogP contribution in [0.4, 0.5) is 5.69 Å². The number of aromatic nitrogens is 1. The molecular weight excluding hydrogens is 394 g/mol. The fourth-order valence-corrected chi connectivity index (χ4v) is 2.65. The SMILES string of the molecule is CC(C)(C)C(=O)Nc1ccc(OCc2cc(C(=O)NCCc3ccccc3)no2)cc1. The van der Waals surface area contributed by atoms with Crippen molar-refractivity contribution >= 4 is 17.5 Å². The summed E-state index contributed by atoms with van der Waals surface area (Å²) in [5.41, 5.74) is 1.60. The first kappa shape index (κ1) is 22.1. The Morgan fingerprint density at radius 1 is 1.03 bits per heavy atom. The van der Waals surface area contributed by atoms with Crippen LogP contribution in [0, 0.1) is 5.41 Å². The highest BCUT2D eigenvalue weighted by atomic mass is 16.5. The number of carbonyl (C=O) groups is 2. The molecule has 0 atom stereocenters. The average molecular weight is 421 g/mol. The minimum absolute atomic E-state index is 0.0580. The minimum Gasteiger partial charge on any atom is -0.486 e. The van der Waals surface area contributed by atoms with Crippen LogP contribution in [0.5, 0.6) is 5.75 Å². The highest BCUT2D eigenvalue weighted by Gasteiger charge is 2.21. The molecule has 31 heavy (non-hydrogen) atoms. The van der Waals surface area contributed by atoms with E-state index in [9.17, 15) is 9.59 Å². The zero-order valence-electron chi connectivity index (χ0n) is 18.0. The lowest BCUT2D eigenvalue weighted by Gasteiger charge is -2.17. The van der Waals surface area contributed by atoms with E-state index in [0.29, 0.717) is 23.7 Å². The van der Waals surface area contributed by atoms with E-state index in [0.717, 1.165) is 12.0 Å². The molecule has 162 valence electrons. The van der Waals surface area contributed by atoms with Crippen LogP contribution in [-0.4, -0.2) is 23.5 Å².